The third kappa shape index (κ3) is 3.05. The van der Waals surface area contributed by atoms with Gasteiger partial charge in [0, 0.05) is 18.5 Å². The average Bonchev–Trinajstić information content (AvgIpc) is 3.43. The van der Waals surface area contributed by atoms with Crippen molar-refractivity contribution in [1.82, 2.24) is 19.3 Å². The minimum Gasteiger partial charge on any atom is -0.382 e. The molecule has 10 heteroatoms. The van der Waals surface area contributed by atoms with E-state index in [1.165, 1.54) is 12.1 Å². The summed E-state index contributed by atoms with van der Waals surface area (Å²) in [6.07, 6.45) is -1.23. The van der Waals surface area contributed by atoms with Crippen molar-refractivity contribution in [2.75, 3.05) is 18.9 Å². The summed E-state index contributed by atoms with van der Waals surface area (Å²) in [5, 5.41) is 0. The number of benzene rings is 2. The molecule has 0 unspecified atom stereocenters. The number of carbonyl (C=O) groups excluding carboxylic acids is 1. The third-order valence-corrected chi connectivity index (χ3v) is 6.45. The predicted molar refractivity (Wildman–Crippen MR) is 114 cm³/mol. The highest BCUT2D eigenvalue weighted by Crippen LogP contribution is 2.42. The molecule has 7 nitrogen and oxygen atoms in total. The smallest absolute Gasteiger partial charge is 0.382 e. The van der Waals surface area contributed by atoms with Gasteiger partial charge in [0.05, 0.1) is 47.9 Å². The zero-order chi connectivity index (χ0) is 22.9. The molecular weight excluding hydrogens is 435 g/mol. The molecule has 0 bridgehead atoms. The molecule has 33 heavy (non-hydrogen) atoms. The number of anilines is 1. The van der Waals surface area contributed by atoms with E-state index in [2.05, 4.69) is 9.97 Å². The van der Waals surface area contributed by atoms with Crippen LogP contribution in [0.25, 0.3) is 16.6 Å². The topological polar surface area (TPSA) is 85.8 Å². The number of hydrogen-bond donors (Lipinski definition) is 1. The fraction of sp³-hybridized carbons (Fsp3) is 0.261. The summed E-state index contributed by atoms with van der Waals surface area (Å²) >= 11 is 0. The first kappa shape index (κ1) is 20.0. The lowest BCUT2D eigenvalue weighted by atomic mass is 10.0. The SMILES string of the molecule is Nc1nc2ccc(C(=O)N3CCO[C@@H]4Cc5cc(C(F)(F)F)ccc5[C@@H]43)cc2n2cncc12. The molecule has 1 saturated heterocycles. The van der Waals surface area contributed by atoms with Crippen LogP contribution < -0.4 is 5.73 Å². The number of alkyl halides is 3. The van der Waals surface area contributed by atoms with E-state index in [0.29, 0.717) is 58.6 Å². The number of fused-ring (bicyclic) bond motifs is 6. The van der Waals surface area contributed by atoms with E-state index in [1.807, 2.05) is 0 Å². The van der Waals surface area contributed by atoms with Crippen LogP contribution in [0, 0.1) is 0 Å². The summed E-state index contributed by atoms with van der Waals surface area (Å²) in [6.45, 7) is 0.670. The Bertz CT molecular complexity index is 1430. The maximum Gasteiger partial charge on any atom is 0.416 e. The number of amides is 1. The van der Waals surface area contributed by atoms with Gasteiger partial charge in [-0.15, -0.1) is 0 Å². The van der Waals surface area contributed by atoms with Crippen LogP contribution in [-0.4, -0.2) is 44.4 Å². The van der Waals surface area contributed by atoms with Gasteiger partial charge in [-0.3, -0.25) is 9.20 Å². The average molecular weight is 453 g/mol. The van der Waals surface area contributed by atoms with Gasteiger partial charge in [-0.25, -0.2) is 9.97 Å². The first-order chi connectivity index (χ1) is 15.8. The summed E-state index contributed by atoms with van der Waals surface area (Å²) in [5.41, 5.74) is 8.98. The van der Waals surface area contributed by atoms with Gasteiger partial charge in [-0.05, 0) is 41.5 Å². The molecule has 0 saturated carbocycles. The largest absolute Gasteiger partial charge is 0.416 e. The predicted octanol–water partition coefficient (Wildman–Crippen LogP) is 3.62. The van der Waals surface area contributed by atoms with Gasteiger partial charge in [0.15, 0.2) is 0 Å². The van der Waals surface area contributed by atoms with E-state index in [4.69, 9.17) is 10.5 Å². The lowest BCUT2D eigenvalue weighted by Gasteiger charge is -2.38. The van der Waals surface area contributed by atoms with Crippen molar-refractivity contribution in [2.45, 2.75) is 24.7 Å². The number of halogens is 3. The van der Waals surface area contributed by atoms with Crippen molar-refractivity contribution >= 4 is 28.3 Å². The van der Waals surface area contributed by atoms with Crippen molar-refractivity contribution in [2.24, 2.45) is 0 Å². The second-order valence-electron chi connectivity index (χ2n) is 8.32. The van der Waals surface area contributed by atoms with Crippen molar-refractivity contribution in [3.8, 4) is 0 Å². The Morgan fingerprint density at radius 1 is 1.15 bits per heavy atom. The van der Waals surface area contributed by atoms with Crippen LogP contribution in [0.2, 0.25) is 0 Å². The number of nitrogens with two attached hydrogens (primary N) is 1. The number of hydrogen-bond acceptors (Lipinski definition) is 5. The normalized spacial score (nSPS) is 20.3. The van der Waals surface area contributed by atoms with E-state index in [0.717, 1.165) is 6.07 Å². The van der Waals surface area contributed by atoms with Crippen LogP contribution in [0.5, 0.6) is 0 Å². The first-order valence-corrected chi connectivity index (χ1v) is 10.4. The summed E-state index contributed by atoms with van der Waals surface area (Å²) in [4.78, 5) is 23.8. The lowest BCUT2D eigenvalue weighted by molar-refractivity contribution is -0.137. The second-order valence-corrected chi connectivity index (χ2v) is 8.32. The maximum atomic E-state index is 13.6. The van der Waals surface area contributed by atoms with E-state index < -0.39 is 17.8 Å². The minimum absolute atomic E-state index is 0.215. The van der Waals surface area contributed by atoms with E-state index in [9.17, 15) is 18.0 Å². The molecule has 168 valence electrons. The van der Waals surface area contributed by atoms with E-state index >= 15 is 0 Å². The number of aromatic nitrogens is 3. The molecule has 6 rings (SSSR count). The minimum atomic E-state index is -4.42. The zero-order valence-electron chi connectivity index (χ0n) is 17.2. The number of carbonyl (C=O) groups is 1. The molecule has 0 spiro atoms. The number of rotatable bonds is 1. The Hall–Kier alpha value is -3.66. The molecule has 2 N–H and O–H groups in total. The number of ether oxygens (including phenoxy) is 1. The summed E-state index contributed by atoms with van der Waals surface area (Å²) in [5.74, 6) is 0.129. The molecule has 0 radical (unpaired) electrons. The van der Waals surface area contributed by atoms with Gasteiger partial charge in [-0.1, -0.05) is 6.07 Å². The number of nitrogens with zero attached hydrogens (tertiary/aromatic N) is 4. The Morgan fingerprint density at radius 2 is 2.00 bits per heavy atom. The standard InChI is InChI=1S/C23H18F3N5O2/c24-23(25,26)14-2-3-15-13(7-14)9-19-20(15)30(5-6-33-19)22(32)12-1-4-16-17(8-12)31-11-28-10-18(31)21(27)29-16/h1-4,7-8,10-11,19-20H,5-6,9H2,(H2,27,29)/t19-,20+/m1/s1. The summed E-state index contributed by atoms with van der Waals surface area (Å²) < 4.78 is 47.2. The van der Waals surface area contributed by atoms with Gasteiger partial charge in [-0.2, -0.15) is 13.2 Å². The summed E-state index contributed by atoms with van der Waals surface area (Å²) in [6, 6.07) is 8.44. The van der Waals surface area contributed by atoms with Crippen LogP contribution in [0.15, 0.2) is 48.9 Å². The number of nitrogen functional groups attached to an aromatic ring is 1. The first-order valence-electron chi connectivity index (χ1n) is 10.4. The second kappa shape index (κ2) is 6.92. The zero-order valence-corrected chi connectivity index (χ0v) is 17.2. The van der Waals surface area contributed by atoms with Gasteiger partial charge in [0.25, 0.3) is 5.91 Å². The highest BCUT2D eigenvalue weighted by Gasteiger charge is 2.43. The fourth-order valence-corrected chi connectivity index (χ4v) is 4.94. The van der Waals surface area contributed by atoms with Gasteiger partial charge < -0.3 is 15.4 Å². The highest BCUT2D eigenvalue weighted by molar-refractivity contribution is 5.98. The van der Waals surface area contributed by atoms with E-state index in [-0.39, 0.29) is 12.0 Å². The molecule has 2 aromatic carbocycles. The number of imidazole rings is 1. The Morgan fingerprint density at radius 3 is 2.82 bits per heavy atom. The van der Waals surface area contributed by atoms with Crippen LogP contribution in [0.1, 0.15) is 33.1 Å². The number of morpholine rings is 1. The van der Waals surface area contributed by atoms with Crippen molar-refractivity contribution in [1.29, 1.82) is 0 Å². The fourth-order valence-electron chi connectivity index (χ4n) is 4.94. The van der Waals surface area contributed by atoms with Crippen LogP contribution >= 0.6 is 0 Å². The third-order valence-electron chi connectivity index (χ3n) is 6.45. The Kier molecular flexibility index (Phi) is 4.19. The molecule has 1 aliphatic heterocycles. The van der Waals surface area contributed by atoms with Gasteiger partial charge >= 0.3 is 6.18 Å². The van der Waals surface area contributed by atoms with Gasteiger partial charge in [0.2, 0.25) is 0 Å². The molecule has 1 aliphatic carbocycles. The Balaban J connectivity index is 1.40. The lowest BCUT2D eigenvalue weighted by Crippen LogP contribution is -2.46. The molecule has 3 heterocycles. The molecule has 2 atom stereocenters. The Labute approximate surface area is 185 Å². The molecular formula is C23H18F3N5O2. The summed E-state index contributed by atoms with van der Waals surface area (Å²) in [7, 11) is 0. The molecule has 1 fully saturated rings. The van der Waals surface area contributed by atoms with Crippen LogP contribution in [0.3, 0.4) is 0 Å². The maximum absolute atomic E-state index is 13.6. The quantitative estimate of drug-likeness (QED) is 0.476. The van der Waals surface area contributed by atoms with Gasteiger partial charge in [0.1, 0.15) is 11.3 Å². The molecule has 2 aliphatic rings. The van der Waals surface area contributed by atoms with Crippen LogP contribution in [-0.2, 0) is 17.3 Å². The monoisotopic (exact) mass is 453 g/mol. The highest BCUT2D eigenvalue weighted by atomic mass is 19.4. The van der Waals surface area contributed by atoms with Crippen molar-refractivity contribution < 1.29 is 22.7 Å². The molecule has 2 aromatic heterocycles. The van der Waals surface area contributed by atoms with Crippen LogP contribution in [0.4, 0.5) is 19.0 Å². The van der Waals surface area contributed by atoms with E-state index in [1.54, 1.807) is 40.0 Å². The molecule has 4 aromatic rings. The van der Waals surface area contributed by atoms with Crippen molar-refractivity contribution in [3.63, 3.8) is 0 Å². The van der Waals surface area contributed by atoms with Crippen molar-refractivity contribution in [3.05, 3.63) is 71.2 Å². The molecule has 1 amide bonds.